The molecule has 0 saturated heterocycles. The van der Waals surface area contributed by atoms with Gasteiger partial charge in [0.2, 0.25) is 5.78 Å². The zero-order chi connectivity index (χ0) is 18.4. The lowest BCUT2D eigenvalue weighted by Gasteiger charge is -2.09. The van der Waals surface area contributed by atoms with E-state index in [9.17, 15) is 9.59 Å². The molecule has 0 bridgehead atoms. The zero-order valence-corrected chi connectivity index (χ0v) is 13.8. The Labute approximate surface area is 150 Å². The summed E-state index contributed by atoms with van der Waals surface area (Å²) in [5.74, 6) is -0.661. The number of hydrogen-bond donors (Lipinski definition) is 0. The van der Waals surface area contributed by atoms with Gasteiger partial charge in [-0.25, -0.2) is 4.79 Å². The molecule has 0 atom stereocenters. The Kier molecular flexibility index (Phi) is 5.25. The molecule has 0 spiro atoms. The Morgan fingerprint density at radius 2 is 1.62 bits per heavy atom. The maximum Gasteiger partial charge on any atom is 0.344 e. The number of carbonyl (C=O) groups excluding carboxylic acids is 2. The van der Waals surface area contributed by atoms with Crippen molar-refractivity contribution in [2.45, 2.75) is 0 Å². The summed E-state index contributed by atoms with van der Waals surface area (Å²) in [5.41, 5.74) is 0.832. The van der Waals surface area contributed by atoms with Crippen LogP contribution in [0, 0.1) is 11.3 Å². The molecule has 0 fully saturated rings. The number of benzene rings is 3. The van der Waals surface area contributed by atoms with Crippen LogP contribution in [0.3, 0.4) is 0 Å². The van der Waals surface area contributed by atoms with Crippen molar-refractivity contribution in [2.75, 3.05) is 13.2 Å². The van der Waals surface area contributed by atoms with Crippen LogP contribution in [0.15, 0.2) is 66.7 Å². The number of nitriles is 1. The molecule has 0 aliphatic rings. The van der Waals surface area contributed by atoms with Gasteiger partial charge in [-0.3, -0.25) is 4.79 Å². The SMILES string of the molecule is N#Cc1ccccc1OCC(=O)OCC(=O)c1cccc2ccccc12. The van der Waals surface area contributed by atoms with Crippen molar-refractivity contribution >= 4 is 22.5 Å². The van der Waals surface area contributed by atoms with E-state index < -0.39 is 5.97 Å². The molecule has 0 heterocycles. The molecule has 0 saturated carbocycles. The predicted octanol–water partition coefficient (Wildman–Crippen LogP) is 3.52. The largest absolute Gasteiger partial charge is 0.481 e. The molecule has 0 radical (unpaired) electrons. The van der Waals surface area contributed by atoms with E-state index in [1.165, 1.54) is 0 Å². The number of para-hydroxylation sites is 1. The Hall–Kier alpha value is -3.65. The van der Waals surface area contributed by atoms with E-state index in [1.54, 1.807) is 36.4 Å². The van der Waals surface area contributed by atoms with E-state index in [2.05, 4.69) is 0 Å². The van der Waals surface area contributed by atoms with Crippen LogP contribution in [0.25, 0.3) is 10.8 Å². The minimum absolute atomic E-state index is 0.285. The summed E-state index contributed by atoms with van der Waals surface area (Å²) in [5, 5.41) is 10.7. The van der Waals surface area contributed by atoms with E-state index in [0.717, 1.165) is 10.8 Å². The standard InChI is InChI=1S/C21H15NO4/c22-12-16-7-2-4-11-20(16)25-14-21(24)26-13-19(23)18-10-5-8-15-6-1-3-9-17(15)18/h1-11H,13-14H2. The first-order valence-corrected chi connectivity index (χ1v) is 7.97. The third-order valence-electron chi connectivity index (χ3n) is 3.81. The lowest BCUT2D eigenvalue weighted by Crippen LogP contribution is -2.19. The van der Waals surface area contributed by atoms with Crippen LogP contribution in [0.4, 0.5) is 0 Å². The van der Waals surface area contributed by atoms with E-state index in [0.29, 0.717) is 16.9 Å². The van der Waals surface area contributed by atoms with Gasteiger partial charge in [0, 0.05) is 5.56 Å². The number of fused-ring (bicyclic) bond motifs is 1. The highest BCUT2D eigenvalue weighted by atomic mass is 16.6. The maximum atomic E-state index is 12.4. The van der Waals surface area contributed by atoms with E-state index in [1.807, 2.05) is 36.4 Å². The molecule has 128 valence electrons. The second-order valence-electron chi connectivity index (χ2n) is 5.51. The number of carbonyl (C=O) groups is 2. The molecule has 0 aliphatic carbocycles. The average Bonchev–Trinajstić information content (AvgIpc) is 2.70. The van der Waals surface area contributed by atoms with Gasteiger partial charge in [0.05, 0.1) is 5.56 Å². The van der Waals surface area contributed by atoms with Gasteiger partial charge in [-0.05, 0) is 22.9 Å². The first kappa shape index (κ1) is 17.2. The van der Waals surface area contributed by atoms with Crippen LogP contribution in [-0.4, -0.2) is 25.0 Å². The number of ether oxygens (including phenoxy) is 2. The lowest BCUT2D eigenvalue weighted by molar-refractivity contribution is -0.144. The average molecular weight is 345 g/mol. The first-order valence-electron chi connectivity index (χ1n) is 7.97. The van der Waals surface area contributed by atoms with Crippen LogP contribution in [0.1, 0.15) is 15.9 Å². The Balaban J connectivity index is 1.59. The molecule has 0 N–H and O–H groups in total. The fourth-order valence-corrected chi connectivity index (χ4v) is 2.56. The Morgan fingerprint density at radius 3 is 2.46 bits per heavy atom. The fourth-order valence-electron chi connectivity index (χ4n) is 2.56. The van der Waals surface area contributed by atoms with Crippen molar-refractivity contribution in [3.05, 3.63) is 77.9 Å². The highest BCUT2D eigenvalue weighted by Crippen LogP contribution is 2.19. The van der Waals surface area contributed by atoms with Crippen LogP contribution < -0.4 is 4.74 Å². The molecule has 26 heavy (non-hydrogen) atoms. The van der Waals surface area contributed by atoms with Gasteiger partial charge >= 0.3 is 5.97 Å². The van der Waals surface area contributed by atoms with Crippen molar-refractivity contribution in [2.24, 2.45) is 0 Å². The third-order valence-corrected chi connectivity index (χ3v) is 3.81. The van der Waals surface area contributed by atoms with Crippen molar-refractivity contribution in [1.82, 2.24) is 0 Å². The summed E-state index contributed by atoms with van der Waals surface area (Å²) in [6, 6.07) is 21.5. The van der Waals surface area contributed by atoms with Gasteiger partial charge in [0.15, 0.2) is 13.2 Å². The summed E-state index contributed by atoms with van der Waals surface area (Å²) in [6.07, 6.45) is 0. The van der Waals surface area contributed by atoms with Crippen molar-refractivity contribution in [3.8, 4) is 11.8 Å². The molecule has 3 aromatic rings. The van der Waals surface area contributed by atoms with Crippen molar-refractivity contribution in [1.29, 1.82) is 5.26 Å². The number of nitrogens with zero attached hydrogens (tertiary/aromatic N) is 1. The van der Waals surface area contributed by atoms with Crippen LogP contribution in [-0.2, 0) is 9.53 Å². The van der Waals surface area contributed by atoms with Crippen LogP contribution in [0.5, 0.6) is 5.75 Å². The number of hydrogen-bond acceptors (Lipinski definition) is 5. The fraction of sp³-hybridized carbons (Fsp3) is 0.0952. The molecule has 0 aromatic heterocycles. The Bertz CT molecular complexity index is 999. The zero-order valence-electron chi connectivity index (χ0n) is 13.8. The van der Waals surface area contributed by atoms with Gasteiger partial charge in [0.1, 0.15) is 11.8 Å². The van der Waals surface area contributed by atoms with Crippen molar-refractivity contribution < 1.29 is 19.1 Å². The molecule has 5 heteroatoms. The highest BCUT2D eigenvalue weighted by Gasteiger charge is 2.13. The second-order valence-corrected chi connectivity index (χ2v) is 5.51. The van der Waals surface area contributed by atoms with Gasteiger partial charge in [-0.1, -0.05) is 54.6 Å². The topological polar surface area (TPSA) is 76.4 Å². The normalized spacial score (nSPS) is 10.1. The molecule has 5 nitrogen and oxygen atoms in total. The van der Waals surface area contributed by atoms with Crippen LogP contribution in [0.2, 0.25) is 0 Å². The Morgan fingerprint density at radius 1 is 0.885 bits per heavy atom. The summed E-state index contributed by atoms with van der Waals surface area (Å²) in [6.45, 7) is -0.738. The van der Waals surface area contributed by atoms with Gasteiger partial charge in [0.25, 0.3) is 0 Å². The van der Waals surface area contributed by atoms with E-state index in [4.69, 9.17) is 14.7 Å². The number of Topliss-reactive ketones (excluding diaryl/α,β-unsaturated/α-hetero) is 1. The van der Waals surface area contributed by atoms with Gasteiger partial charge in [-0.2, -0.15) is 5.26 Å². The van der Waals surface area contributed by atoms with E-state index in [-0.39, 0.29) is 19.0 Å². The molecule has 0 aliphatic heterocycles. The second kappa shape index (κ2) is 7.95. The first-order chi connectivity index (χ1) is 12.7. The maximum absolute atomic E-state index is 12.4. The highest BCUT2D eigenvalue weighted by molar-refractivity contribution is 6.09. The third kappa shape index (κ3) is 3.87. The summed E-state index contributed by atoms with van der Waals surface area (Å²) >= 11 is 0. The van der Waals surface area contributed by atoms with Gasteiger partial charge < -0.3 is 9.47 Å². The molecular formula is C21H15NO4. The molecule has 3 rings (SSSR count). The molecule has 0 unspecified atom stereocenters. The lowest BCUT2D eigenvalue weighted by atomic mass is 10.0. The molecule has 3 aromatic carbocycles. The smallest absolute Gasteiger partial charge is 0.344 e. The minimum atomic E-state index is -0.675. The van der Waals surface area contributed by atoms with Crippen molar-refractivity contribution in [3.63, 3.8) is 0 Å². The monoisotopic (exact) mass is 345 g/mol. The predicted molar refractivity (Wildman–Crippen MR) is 95.9 cm³/mol. The van der Waals surface area contributed by atoms with Gasteiger partial charge in [-0.15, -0.1) is 0 Å². The summed E-state index contributed by atoms with van der Waals surface area (Å²) in [7, 11) is 0. The number of ketones is 1. The summed E-state index contributed by atoms with van der Waals surface area (Å²) in [4.78, 5) is 24.2. The van der Waals surface area contributed by atoms with E-state index >= 15 is 0 Å². The minimum Gasteiger partial charge on any atom is -0.481 e. The molecular weight excluding hydrogens is 330 g/mol. The summed E-state index contributed by atoms with van der Waals surface area (Å²) < 4.78 is 10.3. The van der Waals surface area contributed by atoms with Crippen LogP contribution >= 0.6 is 0 Å². The number of esters is 1. The quantitative estimate of drug-likeness (QED) is 0.505. The molecule has 0 amide bonds. The number of rotatable bonds is 6.